The lowest BCUT2D eigenvalue weighted by Gasteiger charge is -2.18. The van der Waals surface area contributed by atoms with Gasteiger partial charge in [0.1, 0.15) is 18.2 Å². The number of aromatic amines is 1. The number of H-pyrrole nitrogens is 1. The summed E-state index contributed by atoms with van der Waals surface area (Å²) in [5.74, 6) is 1.46. The van der Waals surface area contributed by atoms with Crippen molar-refractivity contribution < 1.29 is 14.6 Å². The van der Waals surface area contributed by atoms with E-state index < -0.39 is 5.97 Å². The fourth-order valence-electron chi connectivity index (χ4n) is 5.56. The molecule has 0 aliphatic carbocycles. The van der Waals surface area contributed by atoms with Gasteiger partial charge in [0, 0.05) is 40.3 Å². The maximum Gasteiger partial charge on any atom is 0.317 e. The summed E-state index contributed by atoms with van der Waals surface area (Å²) in [4.78, 5) is 23.6. The first-order valence-electron chi connectivity index (χ1n) is 15.4. The molecule has 6 nitrogen and oxygen atoms in total. The lowest BCUT2D eigenvalue weighted by atomic mass is 9.90. The Labute approximate surface area is 264 Å². The molecule has 0 aliphatic heterocycles. The molecule has 2 N–H and O–H groups in total. The van der Waals surface area contributed by atoms with Gasteiger partial charge in [-0.05, 0) is 59.7 Å². The molecular formula is C37H41N3O3S. The van der Waals surface area contributed by atoms with Crippen LogP contribution in [-0.2, 0) is 24.5 Å². The number of carboxylic acids is 1. The minimum Gasteiger partial charge on any atom is -0.489 e. The van der Waals surface area contributed by atoms with Gasteiger partial charge in [0.25, 0.3) is 0 Å². The number of aliphatic carboxylic acids is 1. The molecule has 0 bridgehead atoms. The third-order valence-corrected chi connectivity index (χ3v) is 8.86. The standard InChI is InChI=1S/C37H41N3O3S/c1-3-8-28(9-4-2)29-16-18-33(19-17-29)43-26-27-12-14-30(15-13-27)35-21-20-34(44-35)24-40(25-36(41)42)23-32-22-38-37(39-32)31-10-6-5-7-11-31/h5-7,10-22,28H,3-4,8-9,23-26H2,1-2H3,(H,38,39)(H,41,42). The van der Waals surface area contributed by atoms with Crippen molar-refractivity contribution in [1.29, 1.82) is 0 Å². The van der Waals surface area contributed by atoms with Crippen LogP contribution < -0.4 is 4.74 Å². The molecule has 2 heterocycles. The zero-order chi connectivity index (χ0) is 30.7. The predicted molar refractivity (Wildman–Crippen MR) is 179 cm³/mol. The molecule has 3 aromatic carbocycles. The number of aromatic nitrogens is 2. The van der Waals surface area contributed by atoms with Crippen molar-refractivity contribution in [2.75, 3.05) is 6.54 Å². The number of hydrogen-bond donors (Lipinski definition) is 2. The van der Waals surface area contributed by atoms with E-state index in [9.17, 15) is 9.90 Å². The fraction of sp³-hybridized carbons (Fsp3) is 0.297. The highest BCUT2D eigenvalue weighted by Crippen LogP contribution is 2.31. The highest BCUT2D eigenvalue weighted by Gasteiger charge is 2.15. The van der Waals surface area contributed by atoms with Crippen molar-refractivity contribution in [2.24, 2.45) is 0 Å². The van der Waals surface area contributed by atoms with Gasteiger partial charge in [0.15, 0.2) is 0 Å². The molecule has 0 radical (unpaired) electrons. The lowest BCUT2D eigenvalue weighted by Crippen LogP contribution is -2.28. The fourth-order valence-corrected chi connectivity index (χ4v) is 6.62. The Hall–Kier alpha value is -4.20. The van der Waals surface area contributed by atoms with Gasteiger partial charge < -0.3 is 14.8 Å². The first-order valence-corrected chi connectivity index (χ1v) is 16.3. The van der Waals surface area contributed by atoms with Crippen LogP contribution in [0.3, 0.4) is 0 Å². The minimum absolute atomic E-state index is 0.0532. The van der Waals surface area contributed by atoms with Crippen LogP contribution in [0, 0.1) is 0 Å². The maximum absolute atomic E-state index is 11.6. The normalized spacial score (nSPS) is 11.4. The van der Waals surface area contributed by atoms with Gasteiger partial charge in [-0.2, -0.15) is 0 Å². The second-order valence-electron chi connectivity index (χ2n) is 11.3. The third kappa shape index (κ3) is 8.68. The van der Waals surface area contributed by atoms with Gasteiger partial charge in [0.2, 0.25) is 0 Å². The minimum atomic E-state index is -0.851. The second kappa shape index (κ2) is 15.5. The van der Waals surface area contributed by atoms with Crippen LogP contribution in [-0.4, -0.2) is 32.5 Å². The average molecular weight is 608 g/mol. The molecule has 0 atom stereocenters. The van der Waals surface area contributed by atoms with Crippen molar-refractivity contribution in [1.82, 2.24) is 14.9 Å². The summed E-state index contributed by atoms with van der Waals surface area (Å²) in [5, 5.41) is 9.55. The number of carbonyl (C=O) groups is 1. The van der Waals surface area contributed by atoms with Gasteiger partial charge >= 0.3 is 5.97 Å². The van der Waals surface area contributed by atoms with Crippen LogP contribution in [0.5, 0.6) is 5.75 Å². The molecule has 0 spiro atoms. The van der Waals surface area contributed by atoms with E-state index in [0.717, 1.165) is 43.7 Å². The van der Waals surface area contributed by atoms with Crippen molar-refractivity contribution in [3.05, 3.63) is 119 Å². The molecule has 0 fully saturated rings. The number of benzene rings is 3. The van der Waals surface area contributed by atoms with Crippen LogP contribution in [0.25, 0.3) is 21.8 Å². The largest absolute Gasteiger partial charge is 0.489 e. The van der Waals surface area contributed by atoms with Crippen molar-refractivity contribution in [3.8, 4) is 27.6 Å². The Morgan fingerprint density at radius 2 is 1.61 bits per heavy atom. The third-order valence-electron chi connectivity index (χ3n) is 7.74. The Bertz CT molecular complexity index is 1590. The molecule has 228 valence electrons. The van der Waals surface area contributed by atoms with Crippen LogP contribution in [0.2, 0.25) is 0 Å². The molecule has 0 saturated heterocycles. The van der Waals surface area contributed by atoms with Crippen molar-refractivity contribution in [2.45, 2.75) is 65.1 Å². The first kappa shape index (κ1) is 31.2. The van der Waals surface area contributed by atoms with Crippen LogP contribution in [0.1, 0.15) is 67.1 Å². The Kier molecular flexibility index (Phi) is 11.0. The van der Waals surface area contributed by atoms with Crippen molar-refractivity contribution in [3.63, 3.8) is 0 Å². The Balaban J connectivity index is 1.17. The number of carboxylic acid groups (broad SMARTS) is 1. The lowest BCUT2D eigenvalue weighted by molar-refractivity contribution is -0.138. The highest BCUT2D eigenvalue weighted by atomic mass is 32.1. The van der Waals surface area contributed by atoms with Crippen LogP contribution >= 0.6 is 11.3 Å². The number of thiophene rings is 1. The zero-order valence-electron chi connectivity index (χ0n) is 25.5. The van der Waals surface area contributed by atoms with E-state index in [-0.39, 0.29) is 6.54 Å². The Morgan fingerprint density at radius 1 is 0.886 bits per heavy atom. The highest BCUT2D eigenvalue weighted by molar-refractivity contribution is 7.15. The van der Waals surface area contributed by atoms with Crippen LogP contribution in [0.4, 0.5) is 0 Å². The van der Waals surface area contributed by atoms with Crippen molar-refractivity contribution >= 4 is 17.3 Å². The van der Waals surface area contributed by atoms with Gasteiger partial charge in [-0.1, -0.05) is 93.4 Å². The van der Waals surface area contributed by atoms with E-state index in [0.29, 0.717) is 25.6 Å². The quantitative estimate of drug-likeness (QED) is 0.117. The topological polar surface area (TPSA) is 78.4 Å². The van der Waals surface area contributed by atoms with E-state index in [1.807, 2.05) is 35.2 Å². The number of nitrogens with zero attached hydrogens (tertiary/aromatic N) is 2. The monoisotopic (exact) mass is 607 g/mol. The molecule has 0 saturated carbocycles. The molecule has 5 rings (SSSR count). The average Bonchev–Trinajstić information content (AvgIpc) is 3.71. The van der Waals surface area contributed by atoms with Gasteiger partial charge in [-0.15, -0.1) is 11.3 Å². The predicted octanol–water partition coefficient (Wildman–Crippen LogP) is 9.15. The molecule has 5 aromatic rings. The number of ether oxygens (including phenoxy) is 1. The number of nitrogens with one attached hydrogen (secondary N) is 1. The molecule has 7 heteroatoms. The van der Waals surface area contributed by atoms with Crippen LogP contribution in [0.15, 0.2) is 97.2 Å². The molecule has 0 aliphatic rings. The molecule has 0 amide bonds. The zero-order valence-corrected chi connectivity index (χ0v) is 26.4. The maximum atomic E-state index is 11.6. The summed E-state index contributed by atoms with van der Waals surface area (Å²) in [7, 11) is 0. The first-order chi connectivity index (χ1) is 21.5. The van der Waals surface area contributed by atoms with E-state index in [4.69, 9.17) is 4.74 Å². The summed E-state index contributed by atoms with van der Waals surface area (Å²) in [6, 6.07) is 31.2. The van der Waals surface area contributed by atoms with E-state index in [2.05, 4.69) is 84.5 Å². The molecular weight excluding hydrogens is 566 g/mol. The summed E-state index contributed by atoms with van der Waals surface area (Å²) < 4.78 is 6.09. The van der Waals surface area contributed by atoms with E-state index in [1.54, 1.807) is 17.5 Å². The molecule has 44 heavy (non-hydrogen) atoms. The molecule has 2 aromatic heterocycles. The van der Waals surface area contributed by atoms with Gasteiger partial charge in [-0.3, -0.25) is 9.69 Å². The summed E-state index contributed by atoms with van der Waals surface area (Å²) in [5.41, 5.74) is 5.55. The summed E-state index contributed by atoms with van der Waals surface area (Å²) in [6.07, 6.45) is 6.66. The summed E-state index contributed by atoms with van der Waals surface area (Å²) >= 11 is 1.69. The SMILES string of the molecule is CCCC(CCC)c1ccc(OCc2ccc(-c3ccc(CN(CC(=O)O)Cc4cnc(-c5ccccc5)[nH]4)s3)cc2)cc1. The Morgan fingerprint density at radius 3 is 2.30 bits per heavy atom. The van der Waals surface area contributed by atoms with E-state index >= 15 is 0 Å². The smallest absolute Gasteiger partial charge is 0.317 e. The second-order valence-corrected chi connectivity index (χ2v) is 12.4. The van der Waals surface area contributed by atoms with Gasteiger partial charge in [-0.25, -0.2) is 4.98 Å². The summed E-state index contributed by atoms with van der Waals surface area (Å²) in [6.45, 7) is 5.98. The van der Waals surface area contributed by atoms with E-state index in [1.165, 1.54) is 31.2 Å². The number of rotatable bonds is 16. The van der Waals surface area contributed by atoms with Gasteiger partial charge in [0.05, 0.1) is 6.54 Å². The molecule has 0 unspecified atom stereocenters. The number of imidazole rings is 1. The number of hydrogen-bond acceptors (Lipinski definition) is 5.